The highest BCUT2D eigenvalue weighted by Gasteiger charge is 2.12. The van der Waals surface area contributed by atoms with E-state index in [-0.39, 0.29) is 6.04 Å². The molecule has 0 heterocycles. The molecular weight excluding hydrogens is 276 g/mol. The van der Waals surface area contributed by atoms with Gasteiger partial charge in [0.05, 0.1) is 6.10 Å². The highest BCUT2D eigenvalue weighted by atomic mass is 16.3. The van der Waals surface area contributed by atoms with Gasteiger partial charge in [-0.2, -0.15) is 0 Å². The monoisotopic (exact) mass is 302 g/mol. The maximum atomic E-state index is 11.5. The van der Waals surface area contributed by atoms with E-state index in [2.05, 4.69) is 28.6 Å². The molecule has 0 aromatic rings. The average Bonchev–Trinajstić information content (AvgIpc) is 2.40. The molecule has 2 atom stereocenters. The Bertz CT molecular complexity index is 349. The number of aliphatic hydroxyl groups excluding tert-OH is 1. The Morgan fingerprint density at radius 3 is 2.29 bits per heavy atom. The van der Waals surface area contributed by atoms with Crippen LogP contribution in [-0.4, -0.2) is 35.0 Å². The van der Waals surface area contributed by atoms with E-state index < -0.39 is 30.2 Å². The van der Waals surface area contributed by atoms with Crippen molar-refractivity contribution >= 4 is 17.7 Å². The summed E-state index contributed by atoms with van der Waals surface area (Å²) < 4.78 is 0. The van der Waals surface area contributed by atoms with E-state index in [1.54, 1.807) is 0 Å². The van der Waals surface area contributed by atoms with Gasteiger partial charge in [-0.3, -0.25) is 30.7 Å². The molecule has 0 saturated carbocycles. The maximum absolute atomic E-state index is 11.5. The Morgan fingerprint density at radius 2 is 1.71 bits per heavy atom. The van der Waals surface area contributed by atoms with Crippen LogP contribution in [0.3, 0.4) is 0 Å². The van der Waals surface area contributed by atoms with E-state index in [4.69, 9.17) is 0 Å². The molecule has 21 heavy (non-hydrogen) atoms. The molecule has 2 unspecified atom stereocenters. The van der Waals surface area contributed by atoms with Gasteiger partial charge in [-0.05, 0) is 19.8 Å². The molecule has 0 aliphatic carbocycles. The number of amides is 3. The maximum Gasteiger partial charge on any atom is 0.247 e. The molecular formula is C13H26N4O4. The van der Waals surface area contributed by atoms with E-state index in [1.807, 2.05) is 6.92 Å². The molecule has 0 bridgehead atoms. The van der Waals surface area contributed by atoms with Crippen LogP contribution in [0.4, 0.5) is 0 Å². The van der Waals surface area contributed by atoms with Gasteiger partial charge in [0.25, 0.3) is 0 Å². The van der Waals surface area contributed by atoms with Crippen molar-refractivity contribution < 1.29 is 19.5 Å². The third-order valence-corrected chi connectivity index (χ3v) is 2.67. The number of aliphatic hydroxyl groups is 1. The number of unbranched alkanes of at least 4 members (excludes halogenated alkanes) is 1. The number of nitrogens with one attached hydrogen (secondary N) is 4. The summed E-state index contributed by atoms with van der Waals surface area (Å²) in [4.78, 5) is 33.3. The molecule has 122 valence electrons. The zero-order valence-corrected chi connectivity index (χ0v) is 12.9. The molecule has 0 aromatic carbocycles. The normalized spacial score (nSPS) is 13.1. The summed E-state index contributed by atoms with van der Waals surface area (Å²) in [7, 11) is 0. The van der Waals surface area contributed by atoms with Gasteiger partial charge in [0.1, 0.15) is 6.42 Å². The highest BCUT2D eigenvalue weighted by molar-refractivity contribution is 5.97. The molecule has 8 heteroatoms. The van der Waals surface area contributed by atoms with Crippen LogP contribution in [0.15, 0.2) is 0 Å². The van der Waals surface area contributed by atoms with E-state index >= 15 is 0 Å². The summed E-state index contributed by atoms with van der Waals surface area (Å²) in [6, 6.07) is -0.112. The van der Waals surface area contributed by atoms with Crippen molar-refractivity contribution in [3.8, 4) is 0 Å². The van der Waals surface area contributed by atoms with Gasteiger partial charge in [-0.15, -0.1) is 0 Å². The van der Waals surface area contributed by atoms with Crippen molar-refractivity contribution in [3.05, 3.63) is 0 Å². The summed E-state index contributed by atoms with van der Waals surface area (Å²) in [6.45, 7) is 5.13. The van der Waals surface area contributed by atoms with Crippen LogP contribution in [0.2, 0.25) is 0 Å². The molecule has 0 spiro atoms. The Balaban J connectivity index is 3.81. The lowest BCUT2D eigenvalue weighted by atomic mass is 10.1. The molecule has 0 rings (SSSR count). The lowest BCUT2D eigenvalue weighted by Gasteiger charge is -2.18. The van der Waals surface area contributed by atoms with Gasteiger partial charge in [0, 0.05) is 13.0 Å². The molecule has 0 aromatic heterocycles. The highest BCUT2D eigenvalue weighted by Crippen LogP contribution is 2.06. The van der Waals surface area contributed by atoms with Crippen LogP contribution >= 0.6 is 0 Å². The van der Waals surface area contributed by atoms with E-state index in [0.717, 1.165) is 19.3 Å². The van der Waals surface area contributed by atoms with Crippen molar-refractivity contribution in [2.24, 2.45) is 0 Å². The van der Waals surface area contributed by atoms with Crippen LogP contribution in [0.5, 0.6) is 0 Å². The molecule has 5 N–H and O–H groups in total. The van der Waals surface area contributed by atoms with Crippen molar-refractivity contribution in [2.45, 2.75) is 65.0 Å². The minimum Gasteiger partial charge on any atom is -0.393 e. The van der Waals surface area contributed by atoms with Gasteiger partial charge < -0.3 is 5.11 Å². The molecule has 0 aliphatic heterocycles. The topological polar surface area (TPSA) is 120 Å². The summed E-state index contributed by atoms with van der Waals surface area (Å²) >= 11 is 0. The lowest BCUT2D eigenvalue weighted by Crippen LogP contribution is -2.47. The molecule has 0 fully saturated rings. The summed E-state index contributed by atoms with van der Waals surface area (Å²) in [5.74, 6) is -1.55. The largest absolute Gasteiger partial charge is 0.393 e. The van der Waals surface area contributed by atoms with Crippen molar-refractivity contribution in [1.82, 2.24) is 21.7 Å². The lowest BCUT2D eigenvalue weighted by molar-refractivity contribution is -0.133. The Labute approximate surface area is 125 Å². The first-order chi connectivity index (χ1) is 9.85. The molecule has 0 saturated heterocycles. The second kappa shape index (κ2) is 11.0. The van der Waals surface area contributed by atoms with Gasteiger partial charge in [0.15, 0.2) is 0 Å². The SMILES string of the molecule is CCCCC(O)CC(C)NNC(=O)CC(=O)NNC(C)=O. The number of carbonyl (C=O) groups excluding carboxylic acids is 3. The predicted molar refractivity (Wildman–Crippen MR) is 77.5 cm³/mol. The third kappa shape index (κ3) is 11.8. The number of hydrazine groups is 2. The fourth-order valence-electron chi connectivity index (χ4n) is 1.62. The van der Waals surface area contributed by atoms with Crippen molar-refractivity contribution in [3.63, 3.8) is 0 Å². The fraction of sp³-hybridized carbons (Fsp3) is 0.769. The summed E-state index contributed by atoms with van der Waals surface area (Å²) in [5.41, 5.74) is 9.30. The quantitative estimate of drug-likeness (QED) is 0.290. The van der Waals surface area contributed by atoms with E-state index in [1.165, 1.54) is 6.92 Å². The van der Waals surface area contributed by atoms with Crippen molar-refractivity contribution in [2.75, 3.05) is 0 Å². The Hall–Kier alpha value is -1.67. The fourth-order valence-corrected chi connectivity index (χ4v) is 1.62. The summed E-state index contributed by atoms with van der Waals surface area (Å²) in [5, 5.41) is 9.73. The second-order valence-corrected chi connectivity index (χ2v) is 5.03. The predicted octanol–water partition coefficient (Wildman–Crippen LogP) is -0.506. The second-order valence-electron chi connectivity index (χ2n) is 5.03. The standard InChI is InChI=1S/C13H26N4O4/c1-4-5-6-11(19)7-9(2)14-16-12(20)8-13(21)17-15-10(3)18/h9,11,14,19H,4-8H2,1-3H3,(H,15,18)(H,16,20)(H,17,21). The smallest absolute Gasteiger partial charge is 0.247 e. The number of hydrogen-bond acceptors (Lipinski definition) is 5. The van der Waals surface area contributed by atoms with Gasteiger partial charge in [0.2, 0.25) is 17.7 Å². The van der Waals surface area contributed by atoms with E-state index in [0.29, 0.717) is 6.42 Å². The minimum absolute atomic E-state index is 0.112. The molecule has 3 amide bonds. The van der Waals surface area contributed by atoms with Crippen LogP contribution in [0.1, 0.15) is 52.9 Å². The number of carbonyl (C=O) groups is 3. The first-order valence-corrected chi connectivity index (χ1v) is 7.13. The zero-order valence-electron chi connectivity index (χ0n) is 12.9. The minimum atomic E-state index is -0.611. The first kappa shape index (κ1) is 19.3. The molecule has 0 radical (unpaired) electrons. The summed E-state index contributed by atoms with van der Waals surface area (Å²) in [6.07, 6.45) is 2.42. The van der Waals surface area contributed by atoms with Crippen LogP contribution in [-0.2, 0) is 14.4 Å². The number of hydrogen-bond donors (Lipinski definition) is 5. The average molecular weight is 302 g/mol. The van der Waals surface area contributed by atoms with Crippen LogP contribution < -0.4 is 21.7 Å². The molecule has 8 nitrogen and oxygen atoms in total. The Kier molecular flexibility index (Phi) is 10.2. The van der Waals surface area contributed by atoms with Gasteiger partial charge >= 0.3 is 0 Å². The Morgan fingerprint density at radius 1 is 1.10 bits per heavy atom. The first-order valence-electron chi connectivity index (χ1n) is 7.13. The van der Waals surface area contributed by atoms with Gasteiger partial charge in [-0.1, -0.05) is 19.8 Å². The molecule has 0 aliphatic rings. The van der Waals surface area contributed by atoms with Crippen molar-refractivity contribution in [1.29, 1.82) is 0 Å². The van der Waals surface area contributed by atoms with Gasteiger partial charge in [-0.25, -0.2) is 5.43 Å². The zero-order chi connectivity index (χ0) is 16.3. The third-order valence-electron chi connectivity index (χ3n) is 2.67. The van der Waals surface area contributed by atoms with Crippen LogP contribution in [0, 0.1) is 0 Å². The van der Waals surface area contributed by atoms with E-state index in [9.17, 15) is 19.5 Å². The van der Waals surface area contributed by atoms with Crippen LogP contribution in [0.25, 0.3) is 0 Å². The number of rotatable bonds is 9.